The van der Waals surface area contributed by atoms with Crippen LogP contribution in [-0.4, -0.2) is 16.0 Å². The molecule has 0 saturated carbocycles. The number of nitrogens with two attached hydrogens (primary N) is 1. The van der Waals surface area contributed by atoms with E-state index in [1.807, 2.05) is 18.2 Å². The average molecular weight is 312 g/mol. The second-order valence-electron chi connectivity index (χ2n) is 5.00. The maximum absolute atomic E-state index is 10.7. The average Bonchev–Trinajstić information content (AvgIpc) is 2.53. The molecule has 6 nitrogen and oxygen atoms in total. The number of hydrogen-bond acceptors (Lipinski definition) is 4. The zero-order valence-electron chi connectivity index (χ0n) is 12.3. The number of non-ortho nitro benzene ring substituents is 1. The van der Waals surface area contributed by atoms with Crippen molar-refractivity contribution in [3.63, 3.8) is 0 Å². The molecule has 2 aromatic carbocycles. The van der Waals surface area contributed by atoms with Crippen LogP contribution in [0.15, 0.2) is 42.5 Å². The lowest BCUT2D eigenvalue weighted by Crippen LogP contribution is -2.01. The van der Waals surface area contributed by atoms with Crippen LogP contribution in [-0.2, 0) is 11.2 Å². The predicted octanol–water partition coefficient (Wildman–Crippen LogP) is 3.36. The number of para-hydroxylation sites is 1. The van der Waals surface area contributed by atoms with Gasteiger partial charge in [0.1, 0.15) is 0 Å². The molecule has 118 valence electrons. The van der Waals surface area contributed by atoms with Gasteiger partial charge in [-0.15, -0.1) is 0 Å². The number of nitrogens with zero attached hydrogens (tertiary/aromatic N) is 1. The van der Waals surface area contributed by atoms with Gasteiger partial charge in [0.2, 0.25) is 0 Å². The number of carbonyl (C=O) groups is 1. The first kappa shape index (κ1) is 16.2. The summed E-state index contributed by atoms with van der Waals surface area (Å²) in [6.07, 6.45) is 4.01. The lowest BCUT2D eigenvalue weighted by Gasteiger charge is -2.07. The summed E-state index contributed by atoms with van der Waals surface area (Å²) in [7, 11) is 0. The van der Waals surface area contributed by atoms with Gasteiger partial charge in [-0.3, -0.25) is 14.9 Å². The lowest BCUT2D eigenvalue weighted by molar-refractivity contribution is -0.384. The number of nitro groups is 1. The first-order valence-corrected chi connectivity index (χ1v) is 6.99. The number of carboxylic acid groups (broad SMARTS) is 1. The first-order chi connectivity index (χ1) is 11.0. The molecule has 0 aromatic heterocycles. The van der Waals surface area contributed by atoms with E-state index in [9.17, 15) is 14.9 Å². The second kappa shape index (κ2) is 7.22. The van der Waals surface area contributed by atoms with Crippen LogP contribution in [0, 0.1) is 10.1 Å². The van der Waals surface area contributed by atoms with Gasteiger partial charge in [0.15, 0.2) is 0 Å². The summed E-state index contributed by atoms with van der Waals surface area (Å²) in [5.41, 5.74) is 9.04. The molecule has 0 fully saturated rings. The van der Waals surface area contributed by atoms with Gasteiger partial charge in [-0.1, -0.05) is 30.4 Å². The Morgan fingerprint density at radius 3 is 2.48 bits per heavy atom. The van der Waals surface area contributed by atoms with Crippen molar-refractivity contribution >= 4 is 29.5 Å². The minimum atomic E-state index is -0.865. The van der Waals surface area contributed by atoms with Crippen LogP contribution in [0.1, 0.15) is 23.1 Å². The Balaban J connectivity index is 2.17. The molecular weight excluding hydrogens is 296 g/mol. The highest BCUT2D eigenvalue weighted by atomic mass is 16.6. The van der Waals surface area contributed by atoms with E-state index >= 15 is 0 Å². The molecule has 6 heteroatoms. The predicted molar refractivity (Wildman–Crippen MR) is 88.8 cm³/mol. The van der Waals surface area contributed by atoms with E-state index in [1.165, 1.54) is 12.1 Å². The van der Waals surface area contributed by atoms with Gasteiger partial charge in [-0.05, 0) is 35.2 Å². The summed E-state index contributed by atoms with van der Waals surface area (Å²) >= 11 is 0. The minimum Gasteiger partial charge on any atom is -0.481 e. The van der Waals surface area contributed by atoms with Crippen LogP contribution in [0.4, 0.5) is 11.4 Å². The summed E-state index contributed by atoms with van der Waals surface area (Å²) < 4.78 is 0. The third-order valence-electron chi connectivity index (χ3n) is 3.40. The highest BCUT2D eigenvalue weighted by Gasteiger charge is 2.06. The van der Waals surface area contributed by atoms with Gasteiger partial charge in [-0.2, -0.15) is 0 Å². The van der Waals surface area contributed by atoms with Gasteiger partial charge < -0.3 is 10.8 Å². The summed E-state index contributed by atoms with van der Waals surface area (Å²) in [5.74, 6) is -0.865. The molecule has 2 aromatic rings. The molecule has 0 aliphatic carbocycles. The Labute approximate surface area is 133 Å². The molecule has 0 saturated heterocycles. The number of nitro benzene ring substituents is 1. The Morgan fingerprint density at radius 1 is 1.17 bits per heavy atom. The molecule has 0 bridgehead atoms. The smallest absolute Gasteiger partial charge is 0.303 e. The Hall–Kier alpha value is -3.15. The van der Waals surface area contributed by atoms with Crippen LogP contribution in [0.5, 0.6) is 0 Å². The normalized spacial score (nSPS) is 10.8. The molecule has 0 amide bonds. The summed E-state index contributed by atoms with van der Waals surface area (Å²) in [6.45, 7) is 0. The van der Waals surface area contributed by atoms with Crippen LogP contribution >= 0.6 is 0 Å². The Bertz CT molecular complexity index is 752. The Kier molecular flexibility index (Phi) is 5.09. The van der Waals surface area contributed by atoms with Gasteiger partial charge in [0.25, 0.3) is 5.69 Å². The molecule has 23 heavy (non-hydrogen) atoms. The minimum absolute atomic E-state index is 0.0275. The maximum Gasteiger partial charge on any atom is 0.303 e. The van der Waals surface area contributed by atoms with E-state index in [-0.39, 0.29) is 12.1 Å². The molecule has 2 rings (SSSR count). The van der Waals surface area contributed by atoms with Crippen molar-refractivity contribution in [1.29, 1.82) is 0 Å². The van der Waals surface area contributed by atoms with E-state index in [1.54, 1.807) is 24.3 Å². The fraction of sp³-hybridized carbons (Fsp3) is 0.118. The van der Waals surface area contributed by atoms with Crippen LogP contribution in [0.25, 0.3) is 12.2 Å². The molecule has 0 spiro atoms. The molecule has 0 radical (unpaired) electrons. The van der Waals surface area contributed by atoms with Crippen LogP contribution in [0.2, 0.25) is 0 Å². The number of nitrogen functional groups attached to an aromatic ring is 1. The van der Waals surface area contributed by atoms with Gasteiger partial charge >= 0.3 is 5.97 Å². The molecule has 0 atom stereocenters. The van der Waals surface area contributed by atoms with E-state index in [4.69, 9.17) is 10.8 Å². The molecule has 0 aliphatic rings. The van der Waals surface area contributed by atoms with Crippen molar-refractivity contribution in [3.8, 4) is 0 Å². The van der Waals surface area contributed by atoms with Crippen LogP contribution < -0.4 is 5.73 Å². The van der Waals surface area contributed by atoms with E-state index in [0.29, 0.717) is 12.1 Å². The number of rotatable bonds is 6. The van der Waals surface area contributed by atoms with Crippen molar-refractivity contribution in [2.75, 3.05) is 5.73 Å². The second-order valence-corrected chi connectivity index (χ2v) is 5.00. The zero-order chi connectivity index (χ0) is 16.8. The topological polar surface area (TPSA) is 106 Å². The lowest BCUT2D eigenvalue weighted by atomic mass is 10.0. The number of hydrogen-bond donors (Lipinski definition) is 2. The monoisotopic (exact) mass is 312 g/mol. The SMILES string of the molecule is Nc1c(C=Cc2ccc([N+](=O)[O-])cc2)cccc1CCC(=O)O. The number of anilines is 1. The van der Waals surface area contributed by atoms with Crippen molar-refractivity contribution < 1.29 is 14.8 Å². The molecule has 0 unspecified atom stereocenters. The highest BCUT2D eigenvalue weighted by molar-refractivity contribution is 5.77. The van der Waals surface area contributed by atoms with Gasteiger partial charge in [0.05, 0.1) is 4.92 Å². The Morgan fingerprint density at radius 2 is 1.87 bits per heavy atom. The van der Waals surface area contributed by atoms with Crippen molar-refractivity contribution in [2.45, 2.75) is 12.8 Å². The number of benzene rings is 2. The van der Waals surface area contributed by atoms with Gasteiger partial charge in [-0.25, -0.2) is 0 Å². The summed E-state index contributed by atoms with van der Waals surface area (Å²) in [5, 5.41) is 19.4. The first-order valence-electron chi connectivity index (χ1n) is 6.99. The van der Waals surface area contributed by atoms with Crippen molar-refractivity contribution in [2.24, 2.45) is 0 Å². The van der Waals surface area contributed by atoms with Gasteiger partial charge in [0, 0.05) is 24.2 Å². The molecular formula is C17H16N2O4. The molecule has 0 heterocycles. The van der Waals surface area contributed by atoms with E-state index < -0.39 is 10.9 Å². The quantitative estimate of drug-likeness (QED) is 0.368. The van der Waals surface area contributed by atoms with Crippen molar-refractivity contribution in [1.82, 2.24) is 0 Å². The number of aliphatic carboxylic acids is 1. The third kappa shape index (κ3) is 4.41. The number of aryl methyl sites for hydroxylation is 1. The highest BCUT2D eigenvalue weighted by Crippen LogP contribution is 2.22. The standard InChI is InChI=1S/C17H16N2O4/c18-17-13(2-1-3-14(17)8-11-16(20)21)7-4-12-5-9-15(10-6-12)19(22)23/h1-7,9-10H,8,11,18H2,(H,20,21). The summed E-state index contributed by atoms with van der Waals surface area (Å²) in [4.78, 5) is 20.8. The zero-order valence-corrected chi connectivity index (χ0v) is 12.3. The summed E-state index contributed by atoms with van der Waals surface area (Å²) in [6, 6.07) is 11.6. The van der Waals surface area contributed by atoms with E-state index in [2.05, 4.69) is 0 Å². The van der Waals surface area contributed by atoms with Crippen LogP contribution in [0.3, 0.4) is 0 Å². The molecule has 0 aliphatic heterocycles. The fourth-order valence-corrected chi connectivity index (χ4v) is 2.13. The van der Waals surface area contributed by atoms with Crippen molar-refractivity contribution in [3.05, 3.63) is 69.3 Å². The number of carboxylic acids is 1. The third-order valence-corrected chi connectivity index (χ3v) is 3.40. The fourth-order valence-electron chi connectivity index (χ4n) is 2.13. The maximum atomic E-state index is 10.7. The van der Waals surface area contributed by atoms with E-state index in [0.717, 1.165) is 16.7 Å². The largest absolute Gasteiger partial charge is 0.481 e. The molecule has 3 N–H and O–H groups in total.